The lowest BCUT2D eigenvalue weighted by atomic mass is 10.1. The minimum absolute atomic E-state index is 0.0590. The van der Waals surface area contributed by atoms with Gasteiger partial charge in [-0.1, -0.05) is 0 Å². The Morgan fingerprint density at radius 3 is 1.57 bits per heavy atom. The number of hydrogen-bond acceptors (Lipinski definition) is 6. The standard InChI is InChI=1S/C5H8F2O2S.2C5H9FO2S/c6-3-4-1-2-10(8,9)5(4)7;6-3-5-1-2-9(7,8)4-5;6-4-5-2-1-3-9(5,7)8/h4-5H,1-3H2;2*5H,1-4H2. The maximum absolute atomic E-state index is 12.5. The third-order valence-corrected chi connectivity index (χ3v) is 10.8. The normalized spacial score (nSPS) is 34.7. The lowest BCUT2D eigenvalue weighted by Crippen LogP contribution is -2.17. The van der Waals surface area contributed by atoms with Crippen LogP contribution in [0.3, 0.4) is 0 Å². The predicted octanol–water partition coefficient (Wildman–Crippen LogP) is 1.61. The van der Waals surface area contributed by atoms with Crippen LogP contribution in [0.5, 0.6) is 0 Å². The van der Waals surface area contributed by atoms with Gasteiger partial charge in [-0.15, -0.1) is 0 Å². The molecule has 0 aromatic rings. The molecule has 4 atom stereocenters. The number of rotatable bonds is 3. The molecule has 0 N–H and O–H groups in total. The summed E-state index contributed by atoms with van der Waals surface area (Å²) in [4.78, 5) is 0. The van der Waals surface area contributed by atoms with Crippen LogP contribution in [-0.2, 0) is 29.5 Å². The molecular formula is C15H26F4O6S3. The summed E-state index contributed by atoms with van der Waals surface area (Å²) in [6.07, 6.45) is 1.79. The summed E-state index contributed by atoms with van der Waals surface area (Å²) in [6.45, 7) is -2.07. The quantitative estimate of drug-likeness (QED) is 0.576. The van der Waals surface area contributed by atoms with E-state index in [-0.39, 0.29) is 35.4 Å². The first-order chi connectivity index (χ1) is 12.9. The van der Waals surface area contributed by atoms with Crippen LogP contribution in [0.4, 0.5) is 17.6 Å². The maximum atomic E-state index is 12.5. The number of sulfone groups is 3. The molecule has 0 radical (unpaired) electrons. The van der Waals surface area contributed by atoms with Gasteiger partial charge in [0.05, 0.1) is 41.6 Å². The van der Waals surface area contributed by atoms with Crippen molar-refractivity contribution in [2.45, 2.75) is 36.4 Å². The van der Waals surface area contributed by atoms with Crippen molar-refractivity contribution < 1.29 is 42.8 Å². The molecule has 3 heterocycles. The van der Waals surface area contributed by atoms with E-state index in [0.717, 1.165) is 0 Å². The van der Waals surface area contributed by atoms with Gasteiger partial charge < -0.3 is 0 Å². The largest absolute Gasteiger partial charge is 0.251 e. The lowest BCUT2D eigenvalue weighted by molar-refractivity contribution is 0.264. The van der Waals surface area contributed by atoms with Crippen LogP contribution in [0.25, 0.3) is 0 Å². The third kappa shape index (κ3) is 7.43. The van der Waals surface area contributed by atoms with Gasteiger partial charge in [-0.05, 0) is 25.7 Å². The van der Waals surface area contributed by atoms with Crippen molar-refractivity contribution >= 4 is 29.5 Å². The Balaban J connectivity index is 0.000000210. The summed E-state index contributed by atoms with van der Waals surface area (Å²) < 4.78 is 112. The fraction of sp³-hybridized carbons (Fsp3) is 1.00. The maximum Gasteiger partial charge on any atom is 0.206 e. The zero-order valence-electron chi connectivity index (χ0n) is 15.3. The SMILES string of the molecule is O=S1(=O)CCC(CF)C1.O=S1(=O)CCC(CF)C1F.O=S1(=O)CCCC1CF. The van der Waals surface area contributed by atoms with E-state index in [1.165, 1.54) is 0 Å². The molecule has 3 saturated heterocycles. The Labute approximate surface area is 163 Å². The zero-order valence-corrected chi connectivity index (χ0v) is 17.7. The average molecular weight is 475 g/mol. The molecule has 0 aromatic heterocycles. The van der Waals surface area contributed by atoms with Gasteiger partial charge in [-0.25, -0.2) is 34.0 Å². The molecule has 0 aliphatic carbocycles. The summed E-state index contributed by atoms with van der Waals surface area (Å²) in [5, 5.41) is -0.683. The van der Waals surface area contributed by atoms with Gasteiger partial charge in [-0.3, -0.25) is 8.78 Å². The van der Waals surface area contributed by atoms with Crippen LogP contribution in [0.2, 0.25) is 0 Å². The van der Waals surface area contributed by atoms with E-state index in [4.69, 9.17) is 0 Å². The molecule has 6 nitrogen and oxygen atoms in total. The van der Waals surface area contributed by atoms with Gasteiger partial charge >= 0.3 is 0 Å². The first kappa shape index (κ1) is 25.6. The van der Waals surface area contributed by atoms with E-state index in [9.17, 15) is 42.8 Å². The van der Waals surface area contributed by atoms with E-state index in [1.807, 2.05) is 0 Å². The topological polar surface area (TPSA) is 102 Å². The number of alkyl halides is 4. The molecule has 13 heteroatoms. The molecule has 0 aromatic carbocycles. The second kappa shape index (κ2) is 10.6. The Hall–Kier alpha value is -0.430. The van der Waals surface area contributed by atoms with Crippen LogP contribution in [0.1, 0.15) is 25.7 Å². The second-order valence-electron chi connectivity index (χ2n) is 7.13. The molecule has 0 spiro atoms. The minimum Gasteiger partial charge on any atom is -0.251 e. The van der Waals surface area contributed by atoms with Crippen molar-refractivity contribution in [1.29, 1.82) is 0 Å². The molecule has 3 aliphatic rings. The molecular weight excluding hydrogens is 448 g/mol. The van der Waals surface area contributed by atoms with Crippen molar-refractivity contribution in [1.82, 2.24) is 0 Å². The predicted molar refractivity (Wildman–Crippen MR) is 98.3 cm³/mol. The van der Waals surface area contributed by atoms with Crippen LogP contribution < -0.4 is 0 Å². The summed E-state index contributed by atoms with van der Waals surface area (Å²) in [5.74, 6) is -0.907. The van der Waals surface area contributed by atoms with Crippen LogP contribution in [-0.4, -0.2) is 79.0 Å². The highest BCUT2D eigenvalue weighted by Crippen LogP contribution is 2.27. The molecule has 3 fully saturated rings. The fourth-order valence-corrected chi connectivity index (χ4v) is 8.13. The first-order valence-corrected chi connectivity index (χ1v) is 14.1. The molecule has 0 amide bonds. The van der Waals surface area contributed by atoms with Crippen LogP contribution in [0, 0.1) is 11.8 Å². The first-order valence-electron chi connectivity index (χ1n) is 8.84. The fourth-order valence-electron chi connectivity index (χ4n) is 3.02. The number of hydrogen-bond donors (Lipinski definition) is 0. The van der Waals surface area contributed by atoms with Gasteiger partial charge in [0.1, 0.15) is 6.67 Å². The van der Waals surface area contributed by atoms with Crippen molar-refractivity contribution in [3.8, 4) is 0 Å². The Morgan fingerprint density at radius 1 is 0.714 bits per heavy atom. The van der Waals surface area contributed by atoms with Crippen molar-refractivity contribution in [2.75, 3.05) is 43.0 Å². The molecule has 3 rings (SSSR count). The van der Waals surface area contributed by atoms with Gasteiger partial charge in [-0.2, -0.15) is 0 Å². The smallest absolute Gasteiger partial charge is 0.206 e. The summed E-state index contributed by atoms with van der Waals surface area (Å²) in [6, 6.07) is 0. The molecule has 28 heavy (non-hydrogen) atoms. The monoisotopic (exact) mass is 474 g/mol. The van der Waals surface area contributed by atoms with Gasteiger partial charge in [0, 0.05) is 11.8 Å². The Bertz CT molecular complexity index is 798. The average Bonchev–Trinajstić information content (AvgIpc) is 3.24. The Kier molecular flexibility index (Phi) is 9.65. The second-order valence-corrected chi connectivity index (χ2v) is 13.9. The molecule has 3 aliphatic heterocycles. The van der Waals surface area contributed by atoms with Crippen molar-refractivity contribution in [3.63, 3.8) is 0 Å². The highest BCUT2D eigenvalue weighted by Gasteiger charge is 2.40. The molecule has 4 unspecified atom stereocenters. The van der Waals surface area contributed by atoms with E-state index in [1.54, 1.807) is 0 Å². The highest BCUT2D eigenvalue weighted by atomic mass is 32.2. The van der Waals surface area contributed by atoms with E-state index in [0.29, 0.717) is 19.3 Å². The van der Waals surface area contributed by atoms with Crippen LogP contribution >= 0.6 is 0 Å². The lowest BCUT2D eigenvalue weighted by Gasteiger charge is -2.03. The van der Waals surface area contributed by atoms with Gasteiger partial charge in [0.2, 0.25) is 5.50 Å². The minimum atomic E-state index is -3.59. The highest BCUT2D eigenvalue weighted by molar-refractivity contribution is 7.92. The molecule has 0 bridgehead atoms. The summed E-state index contributed by atoms with van der Waals surface area (Å²) in [5.41, 5.74) is -1.96. The van der Waals surface area contributed by atoms with E-state index < -0.39 is 66.2 Å². The molecule has 0 saturated carbocycles. The molecule has 168 valence electrons. The van der Waals surface area contributed by atoms with Crippen molar-refractivity contribution in [2.24, 2.45) is 11.8 Å². The van der Waals surface area contributed by atoms with E-state index in [2.05, 4.69) is 0 Å². The Morgan fingerprint density at radius 2 is 1.36 bits per heavy atom. The van der Waals surface area contributed by atoms with Gasteiger partial charge in [0.25, 0.3) is 0 Å². The van der Waals surface area contributed by atoms with Gasteiger partial charge in [0.15, 0.2) is 29.5 Å². The van der Waals surface area contributed by atoms with Crippen LogP contribution in [0.15, 0.2) is 0 Å². The third-order valence-electron chi connectivity index (χ3n) is 4.86. The summed E-state index contributed by atoms with van der Waals surface area (Å²) >= 11 is 0. The van der Waals surface area contributed by atoms with E-state index >= 15 is 0 Å². The number of halogens is 4. The summed E-state index contributed by atoms with van der Waals surface area (Å²) in [7, 11) is -9.45. The zero-order chi connectivity index (χ0) is 21.6. The van der Waals surface area contributed by atoms with Crippen molar-refractivity contribution in [3.05, 3.63) is 0 Å².